The van der Waals surface area contributed by atoms with Crippen molar-refractivity contribution in [1.29, 1.82) is 0 Å². The van der Waals surface area contributed by atoms with Gasteiger partial charge >= 0.3 is 41.3 Å². The Kier molecular flexibility index (Phi) is 15.9. The first kappa shape index (κ1) is 23.0. The van der Waals surface area contributed by atoms with Gasteiger partial charge in [-0.2, -0.15) is 8.42 Å². The SMILES string of the molecule is O.O=P(O)(O)O.O=S(=O)(O)O.[H-].[H-].[Mg+2]. The minimum atomic E-state index is -4.67. The third-order valence-electron chi connectivity index (χ3n) is 0. The smallest absolute Gasteiger partial charge is 1.00 e. The topological polar surface area (TPSA) is 184 Å². The minimum absolute atomic E-state index is 0. The van der Waals surface area contributed by atoms with E-state index in [1.165, 1.54) is 0 Å². The van der Waals surface area contributed by atoms with Gasteiger partial charge in [0.1, 0.15) is 0 Å². The van der Waals surface area contributed by atoms with Gasteiger partial charge in [0, 0.05) is 0 Å². The molecule has 0 rings (SSSR count). The van der Waals surface area contributed by atoms with Gasteiger partial charge in [0.2, 0.25) is 0 Å². The predicted molar refractivity (Wildman–Crippen MR) is 40.0 cm³/mol. The summed E-state index contributed by atoms with van der Waals surface area (Å²) in [7, 11) is -9.31. The molecule has 0 saturated heterocycles. The summed E-state index contributed by atoms with van der Waals surface area (Å²) < 4.78 is 40.5. The van der Waals surface area contributed by atoms with E-state index in [0.717, 1.165) is 0 Å². The normalized spacial score (nSPS) is 9.75. The molecular formula is H9MgO9PS. The summed E-state index contributed by atoms with van der Waals surface area (Å²) in [6, 6.07) is 0. The van der Waals surface area contributed by atoms with E-state index >= 15 is 0 Å². The molecule has 12 heteroatoms. The molecule has 0 heterocycles. The van der Waals surface area contributed by atoms with E-state index in [1.807, 2.05) is 0 Å². The van der Waals surface area contributed by atoms with E-state index < -0.39 is 18.2 Å². The van der Waals surface area contributed by atoms with Crippen molar-refractivity contribution in [3.8, 4) is 0 Å². The van der Waals surface area contributed by atoms with Crippen LogP contribution in [-0.2, 0) is 15.0 Å². The summed E-state index contributed by atoms with van der Waals surface area (Å²) in [6.07, 6.45) is 0. The molecule has 0 atom stereocenters. The Hall–Kier alpha value is 0.706. The summed E-state index contributed by atoms with van der Waals surface area (Å²) in [4.78, 5) is 21.6. The van der Waals surface area contributed by atoms with Gasteiger partial charge in [0.25, 0.3) is 0 Å². The van der Waals surface area contributed by atoms with Crippen LogP contribution in [0.3, 0.4) is 0 Å². The third kappa shape index (κ3) is 2020. The summed E-state index contributed by atoms with van der Waals surface area (Å²) in [5, 5.41) is 0. The molecule has 0 aliphatic rings. The van der Waals surface area contributed by atoms with Crippen LogP contribution in [0.15, 0.2) is 0 Å². The van der Waals surface area contributed by atoms with Crippen molar-refractivity contribution >= 4 is 41.3 Å². The molecule has 0 unspecified atom stereocenters. The maximum atomic E-state index is 8.88. The largest absolute Gasteiger partial charge is 2.00 e. The van der Waals surface area contributed by atoms with Crippen molar-refractivity contribution in [2.45, 2.75) is 0 Å². The Labute approximate surface area is 86.7 Å². The van der Waals surface area contributed by atoms with E-state index in [-0.39, 0.29) is 31.4 Å². The molecule has 0 aromatic heterocycles. The monoisotopic (exact) mass is 240 g/mol. The molecule has 0 radical (unpaired) electrons. The van der Waals surface area contributed by atoms with Crippen molar-refractivity contribution in [2.75, 3.05) is 0 Å². The average Bonchev–Trinajstić information content (AvgIpc) is 1.12. The van der Waals surface area contributed by atoms with Gasteiger partial charge in [-0.25, -0.2) is 4.57 Å². The summed E-state index contributed by atoms with van der Waals surface area (Å²) >= 11 is 0. The van der Waals surface area contributed by atoms with Crippen LogP contribution in [-0.4, -0.2) is 60.7 Å². The number of hydrogen-bond donors (Lipinski definition) is 5. The molecule has 76 valence electrons. The zero-order valence-electron chi connectivity index (χ0n) is 7.52. The van der Waals surface area contributed by atoms with Gasteiger partial charge in [-0.15, -0.1) is 0 Å². The first-order valence-electron chi connectivity index (χ1n) is 1.48. The predicted octanol–water partition coefficient (Wildman–Crippen LogP) is -2.56. The van der Waals surface area contributed by atoms with Crippen LogP contribution < -0.4 is 0 Å². The van der Waals surface area contributed by atoms with Gasteiger partial charge in [-0.05, 0) is 0 Å². The van der Waals surface area contributed by atoms with E-state index in [0.29, 0.717) is 0 Å². The van der Waals surface area contributed by atoms with Crippen LogP contribution in [0.2, 0.25) is 0 Å². The van der Waals surface area contributed by atoms with Crippen LogP contribution in [0.1, 0.15) is 2.85 Å². The first-order chi connectivity index (χ1) is 4.00. The molecule has 0 fully saturated rings. The molecule has 0 aliphatic heterocycles. The quantitative estimate of drug-likeness (QED) is 0.174. The van der Waals surface area contributed by atoms with Crippen LogP contribution in [0.4, 0.5) is 0 Å². The van der Waals surface area contributed by atoms with Crippen LogP contribution >= 0.6 is 7.82 Å². The molecule has 0 aliphatic carbocycles. The molecule has 9 nitrogen and oxygen atoms in total. The fourth-order valence-corrected chi connectivity index (χ4v) is 0. The fourth-order valence-electron chi connectivity index (χ4n) is 0. The number of rotatable bonds is 0. The Balaban J connectivity index is -0.0000000178. The zero-order valence-corrected chi connectivity index (χ0v) is 8.65. The number of hydrogen-bond acceptors (Lipinski definition) is 3. The maximum absolute atomic E-state index is 8.88. The van der Waals surface area contributed by atoms with E-state index in [2.05, 4.69) is 0 Å². The summed E-state index contributed by atoms with van der Waals surface area (Å²) in [5.41, 5.74) is 0. The molecule has 0 amide bonds. The van der Waals surface area contributed by atoms with Gasteiger partial charge in [0.15, 0.2) is 0 Å². The average molecular weight is 240 g/mol. The van der Waals surface area contributed by atoms with Gasteiger partial charge in [0.05, 0.1) is 0 Å². The van der Waals surface area contributed by atoms with Crippen molar-refractivity contribution in [3.63, 3.8) is 0 Å². The Morgan fingerprint density at radius 2 is 1.08 bits per heavy atom. The second-order valence-electron chi connectivity index (χ2n) is 0.961. The van der Waals surface area contributed by atoms with Crippen LogP contribution in [0.5, 0.6) is 0 Å². The number of phosphoric acid groups is 1. The molecule has 0 aromatic rings. The van der Waals surface area contributed by atoms with Gasteiger partial charge < -0.3 is 23.0 Å². The minimum Gasteiger partial charge on any atom is -1.00 e. The molecule has 0 saturated carbocycles. The van der Waals surface area contributed by atoms with E-state index in [9.17, 15) is 0 Å². The molecular weight excluding hydrogens is 231 g/mol. The second kappa shape index (κ2) is 8.31. The van der Waals surface area contributed by atoms with E-state index in [1.54, 1.807) is 0 Å². The van der Waals surface area contributed by atoms with Crippen molar-refractivity contribution in [2.24, 2.45) is 0 Å². The molecule has 12 heavy (non-hydrogen) atoms. The summed E-state index contributed by atoms with van der Waals surface area (Å²) in [6.45, 7) is 0. The molecule has 7 N–H and O–H groups in total. The maximum Gasteiger partial charge on any atom is 2.00 e. The van der Waals surface area contributed by atoms with Crippen LogP contribution in [0, 0.1) is 0 Å². The van der Waals surface area contributed by atoms with Crippen molar-refractivity contribution in [3.05, 3.63) is 0 Å². The molecule has 0 spiro atoms. The standard InChI is InChI=1S/Mg.H3O4P.H2O4S.H2O.2H/c;2*1-5(2,3)4;;;/h;(H3,1,2,3,4);(H2,1,2,3,4);1H2;;/q+2;;;;2*-1. The van der Waals surface area contributed by atoms with Gasteiger partial charge in [-0.3, -0.25) is 9.11 Å². The zero-order chi connectivity index (χ0) is 9.00. The third-order valence-corrected chi connectivity index (χ3v) is 0. The summed E-state index contributed by atoms with van der Waals surface area (Å²) in [5.74, 6) is 0. The second-order valence-corrected chi connectivity index (χ2v) is 2.88. The van der Waals surface area contributed by atoms with Crippen LogP contribution in [0.25, 0.3) is 0 Å². The van der Waals surface area contributed by atoms with E-state index in [4.69, 9.17) is 36.8 Å². The Morgan fingerprint density at radius 1 is 1.08 bits per heavy atom. The molecule has 0 bridgehead atoms. The Morgan fingerprint density at radius 3 is 1.08 bits per heavy atom. The van der Waals surface area contributed by atoms with Crippen molar-refractivity contribution < 1.29 is 45.1 Å². The fraction of sp³-hybridized carbons (Fsp3) is 0. The Bertz CT molecular complexity index is 201. The van der Waals surface area contributed by atoms with Gasteiger partial charge in [-0.1, -0.05) is 0 Å². The first-order valence-corrected chi connectivity index (χ1v) is 4.44. The van der Waals surface area contributed by atoms with Crippen molar-refractivity contribution in [1.82, 2.24) is 0 Å². The molecule has 0 aromatic carbocycles.